The molecule has 0 radical (unpaired) electrons. The highest BCUT2D eigenvalue weighted by Crippen LogP contribution is 2.20. The third-order valence-electron chi connectivity index (χ3n) is 3.42. The van der Waals surface area contributed by atoms with E-state index in [4.69, 9.17) is 4.74 Å². The molecule has 0 aliphatic carbocycles. The number of aliphatic hydroxyl groups is 2. The summed E-state index contributed by atoms with van der Waals surface area (Å²) in [4.78, 5) is 8.52. The van der Waals surface area contributed by atoms with Gasteiger partial charge in [-0.15, -0.1) is 0 Å². The average Bonchev–Trinajstić information content (AvgIpc) is 3.11. The van der Waals surface area contributed by atoms with E-state index in [-0.39, 0.29) is 6.10 Å². The number of ether oxygens (including phenoxy) is 1. The second-order valence-corrected chi connectivity index (χ2v) is 4.94. The fourth-order valence-electron chi connectivity index (χ4n) is 2.36. The van der Waals surface area contributed by atoms with Crippen molar-refractivity contribution >= 4 is 0 Å². The molecule has 3 rings (SSSR count). The fraction of sp³-hybridized carbons (Fsp3) is 0.429. The first-order valence-corrected chi connectivity index (χ1v) is 6.68. The molecule has 0 amide bonds. The Labute approximate surface area is 116 Å². The lowest BCUT2D eigenvalue weighted by atomic mass is 10.2. The van der Waals surface area contributed by atoms with E-state index in [1.54, 1.807) is 24.7 Å². The van der Waals surface area contributed by atoms with Crippen LogP contribution in [0.4, 0.5) is 0 Å². The molecule has 20 heavy (non-hydrogen) atoms. The Bertz CT molecular complexity index is 577. The van der Waals surface area contributed by atoms with Gasteiger partial charge in [-0.1, -0.05) is 0 Å². The summed E-state index contributed by atoms with van der Waals surface area (Å²) in [5.41, 5.74) is 1.75. The van der Waals surface area contributed by atoms with Gasteiger partial charge < -0.3 is 19.5 Å². The summed E-state index contributed by atoms with van der Waals surface area (Å²) in [6, 6.07) is 3.20. The molecule has 0 saturated carbocycles. The molecule has 2 aromatic heterocycles. The standard InChI is InChI=1S/C14H17N3O3/c18-14(19)10-3-4-15-12(6-10)13-8-17(9-16-13)7-11-2-1-5-20-11/h3-4,6,8-9,11,14,18-19H,1-2,5,7H2. The van der Waals surface area contributed by atoms with Crippen LogP contribution in [0.5, 0.6) is 0 Å². The summed E-state index contributed by atoms with van der Waals surface area (Å²) in [7, 11) is 0. The molecule has 1 saturated heterocycles. The van der Waals surface area contributed by atoms with Crippen LogP contribution in [0.1, 0.15) is 24.7 Å². The minimum atomic E-state index is -1.49. The highest BCUT2D eigenvalue weighted by molar-refractivity contribution is 5.53. The van der Waals surface area contributed by atoms with Crippen molar-refractivity contribution in [2.24, 2.45) is 0 Å². The van der Waals surface area contributed by atoms with E-state index < -0.39 is 6.29 Å². The van der Waals surface area contributed by atoms with E-state index in [9.17, 15) is 10.2 Å². The Balaban J connectivity index is 1.77. The zero-order chi connectivity index (χ0) is 13.9. The van der Waals surface area contributed by atoms with Gasteiger partial charge in [0.2, 0.25) is 0 Å². The minimum absolute atomic E-state index is 0.260. The van der Waals surface area contributed by atoms with Gasteiger partial charge in [-0.25, -0.2) is 4.98 Å². The topological polar surface area (TPSA) is 80.4 Å². The van der Waals surface area contributed by atoms with Gasteiger partial charge in [0.1, 0.15) is 5.69 Å². The van der Waals surface area contributed by atoms with Gasteiger partial charge in [-0.3, -0.25) is 4.98 Å². The van der Waals surface area contributed by atoms with Gasteiger partial charge in [0.15, 0.2) is 6.29 Å². The van der Waals surface area contributed by atoms with Crippen LogP contribution in [0.2, 0.25) is 0 Å². The quantitative estimate of drug-likeness (QED) is 0.817. The normalized spacial score (nSPS) is 18.9. The Morgan fingerprint density at radius 3 is 3.00 bits per heavy atom. The first-order chi connectivity index (χ1) is 9.72. The van der Waals surface area contributed by atoms with E-state index in [1.807, 2.05) is 10.8 Å². The summed E-state index contributed by atoms with van der Waals surface area (Å²) in [5.74, 6) is 0. The number of rotatable bonds is 4. The summed E-state index contributed by atoms with van der Waals surface area (Å²) in [6.07, 6.45) is 6.16. The molecule has 1 aliphatic rings. The van der Waals surface area contributed by atoms with E-state index in [1.165, 1.54) is 0 Å². The molecule has 1 unspecified atom stereocenters. The molecule has 3 heterocycles. The first kappa shape index (κ1) is 13.2. The van der Waals surface area contributed by atoms with Crippen LogP contribution >= 0.6 is 0 Å². The van der Waals surface area contributed by atoms with E-state index >= 15 is 0 Å². The molecule has 6 nitrogen and oxygen atoms in total. The van der Waals surface area contributed by atoms with Crippen molar-refractivity contribution < 1.29 is 14.9 Å². The summed E-state index contributed by atoms with van der Waals surface area (Å²) < 4.78 is 7.57. The molecule has 2 N–H and O–H groups in total. The molecule has 1 aliphatic heterocycles. The van der Waals surface area contributed by atoms with E-state index in [0.29, 0.717) is 17.0 Å². The lowest BCUT2D eigenvalue weighted by Gasteiger charge is -2.09. The summed E-state index contributed by atoms with van der Waals surface area (Å²) in [6.45, 7) is 1.62. The maximum absolute atomic E-state index is 9.18. The van der Waals surface area contributed by atoms with Crippen LogP contribution in [0.25, 0.3) is 11.4 Å². The monoisotopic (exact) mass is 275 g/mol. The number of nitrogens with zero attached hydrogens (tertiary/aromatic N) is 3. The largest absolute Gasteiger partial charge is 0.376 e. The van der Waals surface area contributed by atoms with Crippen LogP contribution in [0.15, 0.2) is 30.9 Å². The van der Waals surface area contributed by atoms with Crippen molar-refractivity contribution in [3.8, 4) is 11.4 Å². The van der Waals surface area contributed by atoms with Gasteiger partial charge in [0.25, 0.3) is 0 Å². The van der Waals surface area contributed by atoms with Crippen LogP contribution in [-0.2, 0) is 11.3 Å². The minimum Gasteiger partial charge on any atom is -0.376 e. The zero-order valence-electron chi connectivity index (χ0n) is 11.0. The zero-order valence-corrected chi connectivity index (χ0v) is 11.0. The number of hydrogen-bond donors (Lipinski definition) is 2. The Morgan fingerprint density at radius 1 is 1.35 bits per heavy atom. The van der Waals surface area contributed by atoms with Crippen molar-refractivity contribution in [1.82, 2.24) is 14.5 Å². The third-order valence-corrected chi connectivity index (χ3v) is 3.42. The van der Waals surface area contributed by atoms with Crippen LogP contribution in [0.3, 0.4) is 0 Å². The van der Waals surface area contributed by atoms with Crippen molar-refractivity contribution in [3.63, 3.8) is 0 Å². The smallest absolute Gasteiger partial charge is 0.178 e. The highest BCUT2D eigenvalue weighted by Gasteiger charge is 2.16. The van der Waals surface area contributed by atoms with Gasteiger partial charge in [0, 0.05) is 31.1 Å². The fourth-order valence-corrected chi connectivity index (χ4v) is 2.36. The number of hydrogen-bond acceptors (Lipinski definition) is 5. The summed E-state index contributed by atoms with van der Waals surface area (Å²) >= 11 is 0. The van der Waals surface area contributed by atoms with Crippen LogP contribution < -0.4 is 0 Å². The molecule has 0 spiro atoms. The van der Waals surface area contributed by atoms with Crippen molar-refractivity contribution in [2.75, 3.05) is 6.61 Å². The predicted molar refractivity (Wildman–Crippen MR) is 71.6 cm³/mol. The molecule has 1 atom stereocenters. The molecule has 0 bridgehead atoms. The van der Waals surface area contributed by atoms with Gasteiger partial charge >= 0.3 is 0 Å². The molecule has 106 valence electrons. The average molecular weight is 275 g/mol. The molecular formula is C14H17N3O3. The molecule has 2 aromatic rings. The van der Waals surface area contributed by atoms with Gasteiger partial charge in [-0.2, -0.15) is 0 Å². The summed E-state index contributed by atoms with van der Waals surface area (Å²) in [5, 5.41) is 18.4. The molecule has 0 aromatic carbocycles. The highest BCUT2D eigenvalue weighted by atomic mass is 16.5. The van der Waals surface area contributed by atoms with E-state index in [0.717, 1.165) is 26.0 Å². The van der Waals surface area contributed by atoms with Gasteiger partial charge in [0.05, 0.1) is 18.1 Å². The molecular weight excluding hydrogens is 258 g/mol. The van der Waals surface area contributed by atoms with Crippen molar-refractivity contribution in [2.45, 2.75) is 31.8 Å². The number of aliphatic hydroxyl groups excluding tert-OH is 1. The van der Waals surface area contributed by atoms with Gasteiger partial charge in [-0.05, 0) is 25.0 Å². The van der Waals surface area contributed by atoms with Crippen molar-refractivity contribution in [3.05, 3.63) is 36.4 Å². The van der Waals surface area contributed by atoms with Crippen LogP contribution in [-0.4, -0.2) is 37.5 Å². The second kappa shape index (κ2) is 5.70. The lowest BCUT2D eigenvalue weighted by molar-refractivity contribution is -0.0425. The van der Waals surface area contributed by atoms with Crippen molar-refractivity contribution in [1.29, 1.82) is 0 Å². The predicted octanol–water partition coefficient (Wildman–Crippen LogP) is 1.11. The number of aromatic nitrogens is 3. The van der Waals surface area contributed by atoms with Crippen LogP contribution in [0, 0.1) is 0 Å². The first-order valence-electron chi connectivity index (χ1n) is 6.68. The Kier molecular flexibility index (Phi) is 3.77. The Hall–Kier alpha value is -1.76. The molecule has 1 fully saturated rings. The second-order valence-electron chi connectivity index (χ2n) is 4.94. The third kappa shape index (κ3) is 2.87. The maximum Gasteiger partial charge on any atom is 0.178 e. The lowest BCUT2D eigenvalue weighted by Crippen LogP contribution is -2.13. The Morgan fingerprint density at radius 2 is 2.25 bits per heavy atom. The maximum atomic E-state index is 9.18. The number of imidazole rings is 1. The van der Waals surface area contributed by atoms with E-state index in [2.05, 4.69) is 9.97 Å². The SMILES string of the molecule is OC(O)c1ccnc(-c2cn(CC3CCCO3)cn2)c1. The number of pyridine rings is 1. The molecule has 6 heteroatoms.